The Bertz CT molecular complexity index is 976. The maximum absolute atomic E-state index is 12.0. The SMILES string of the molecule is CC.Cc1c(Cl)cccc1C1(Nc2ccc3cc[nH]c(=O)c3c2)CNC1. The molecule has 5 heteroatoms. The van der Waals surface area contributed by atoms with E-state index in [0.717, 1.165) is 34.7 Å². The van der Waals surface area contributed by atoms with Gasteiger partial charge in [0, 0.05) is 35.4 Å². The summed E-state index contributed by atoms with van der Waals surface area (Å²) in [6.45, 7) is 7.68. The van der Waals surface area contributed by atoms with Crippen LogP contribution in [0.25, 0.3) is 10.8 Å². The number of anilines is 1. The number of benzene rings is 2. The molecule has 0 atom stereocenters. The van der Waals surface area contributed by atoms with E-state index in [-0.39, 0.29) is 11.1 Å². The number of hydrogen-bond acceptors (Lipinski definition) is 3. The highest BCUT2D eigenvalue weighted by Crippen LogP contribution is 2.35. The van der Waals surface area contributed by atoms with Crippen LogP contribution in [0.5, 0.6) is 0 Å². The normalized spacial score (nSPS) is 14.9. The van der Waals surface area contributed by atoms with E-state index >= 15 is 0 Å². The second kappa shape index (κ2) is 7.52. The number of pyridine rings is 1. The van der Waals surface area contributed by atoms with Gasteiger partial charge in [-0.2, -0.15) is 0 Å². The lowest BCUT2D eigenvalue weighted by Gasteiger charge is -2.45. The van der Waals surface area contributed by atoms with Crippen molar-refractivity contribution < 1.29 is 0 Å². The van der Waals surface area contributed by atoms with Gasteiger partial charge in [0.25, 0.3) is 5.56 Å². The number of H-pyrrole nitrogens is 1. The summed E-state index contributed by atoms with van der Waals surface area (Å²) in [5, 5.41) is 9.36. The quantitative estimate of drug-likeness (QED) is 0.640. The molecule has 0 aliphatic carbocycles. The van der Waals surface area contributed by atoms with Crippen molar-refractivity contribution >= 4 is 28.1 Å². The number of hydrogen-bond donors (Lipinski definition) is 3. The fraction of sp³-hybridized carbons (Fsp3) is 0.286. The number of fused-ring (bicyclic) bond motifs is 1. The van der Waals surface area contributed by atoms with Crippen molar-refractivity contribution in [3.8, 4) is 0 Å². The smallest absolute Gasteiger partial charge is 0.255 e. The summed E-state index contributed by atoms with van der Waals surface area (Å²) in [7, 11) is 0. The van der Waals surface area contributed by atoms with Crippen LogP contribution in [0.15, 0.2) is 53.5 Å². The van der Waals surface area contributed by atoms with Gasteiger partial charge in [0.15, 0.2) is 0 Å². The van der Waals surface area contributed by atoms with Crippen molar-refractivity contribution in [2.45, 2.75) is 26.3 Å². The molecule has 4 nitrogen and oxygen atoms in total. The predicted octanol–water partition coefficient (Wildman–Crippen LogP) is 4.43. The van der Waals surface area contributed by atoms with Crippen LogP contribution in [0.2, 0.25) is 5.02 Å². The standard InChI is InChI=1S/C19H18ClN3O.C2H6/c1-12-16(3-2-4-17(12)20)19(10-21-11-19)23-14-6-5-13-7-8-22-18(24)15(13)9-14;1-2/h2-9,21,23H,10-11H2,1H3,(H,22,24);1-2H3. The monoisotopic (exact) mass is 369 g/mol. The summed E-state index contributed by atoms with van der Waals surface area (Å²) >= 11 is 6.31. The van der Waals surface area contributed by atoms with Gasteiger partial charge in [-0.25, -0.2) is 0 Å². The summed E-state index contributed by atoms with van der Waals surface area (Å²) in [6.07, 6.45) is 1.67. The molecule has 3 N–H and O–H groups in total. The summed E-state index contributed by atoms with van der Waals surface area (Å²) in [5.74, 6) is 0. The highest BCUT2D eigenvalue weighted by molar-refractivity contribution is 6.31. The van der Waals surface area contributed by atoms with E-state index in [1.807, 2.05) is 57.2 Å². The van der Waals surface area contributed by atoms with Gasteiger partial charge in [-0.3, -0.25) is 4.79 Å². The molecule has 1 fully saturated rings. The Kier molecular flexibility index (Phi) is 5.35. The minimum Gasteiger partial charge on any atom is -0.373 e. The Labute approximate surface area is 158 Å². The molecule has 4 rings (SSSR count). The lowest BCUT2D eigenvalue weighted by atomic mass is 9.81. The van der Waals surface area contributed by atoms with E-state index in [2.05, 4.69) is 21.7 Å². The maximum atomic E-state index is 12.0. The topological polar surface area (TPSA) is 56.9 Å². The van der Waals surface area contributed by atoms with Crippen LogP contribution < -0.4 is 16.2 Å². The molecule has 0 spiro atoms. The summed E-state index contributed by atoms with van der Waals surface area (Å²) in [6, 6.07) is 13.8. The molecular formula is C21H24ClN3O. The van der Waals surface area contributed by atoms with Crippen LogP contribution in [0.4, 0.5) is 5.69 Å². The van der Waals surface area contributed by atoms with Crippen molar-refractivity contribution in [2.24, 2.45) is 0 Å². The van der Waals surface area contributed by atoms with Crippen molar-refractivity contribution in [3.05, 3.63) is 75.2 Å². The lowest BCUT2D eigenvalue weighted by Crippen LogP contribution is -2.61. The number of halogens is 1. The van der Waals surface area contributed by atoms with Gasteiger partial charge in [0.1, 0.15) is 0 Å². The summed E-state index contributed by atoms with van der Waals surface area (Å²) < 4.78 is 0. The van der Waals surface area contributed by atoms with Crippen LogP contribution in [-0.4, -0.2) is 18.1 Å². The molecule has 1 aliphatic heterocycles. The van der Waals surface area contributed by atoms with Crippen LogP contribution in [0.1, 0.15) is 25.0 Å². The second-order valence-electron chi connectivity index (χ2n) is 6.33. The first-order chi connectivity index (χ1) is 12.6. The minimum absolute atomic E-state index is 0.0733. The van der Waals surface area contributed by atoms with E-state index in [9.17, 15) is 4.79 Å². The van der Waals surface area contributed by atoms with Crippen LogP contribution >= 0.6 is 11.6 Å². The number of rotatable bonds is 3. The van der Waals surface area contributed by atoms with Gasteiger partial charge in [0.2, 0.25) is 0 Å². The Hall–Kier alpha value is -2.30. The fourth-order valence-corrected chi connectivity index (χ4v) is 3.56. The summed E-state index contributed by atoms with van der Waals surface area (Å²) in [5.41, 5.74) is 2.93. The first-order valence-corrected chi connectivity index (χ1v) is 9.33. The zero-order valence-electron chi connectivity index (χ0n) is 15.3. The highest BCUT2D eigenvalue weighted by Gasteiger charge is 2.40. The molecule has 2 aromatic carbocycles. The third-order valence-corrected chi connectivity index (χ3v) is 5.21. The first kappa shape index (κ1) is 18.5. The molecule has 0 unspecified atom stereocenters. The average Bonchev–Trinajstić information content (AvgIpc) is 2.63. The van der Waals surface area contributed by atoms with Crippen molar-refractivity contribution in [1.82, 2.24) is 10.3 Å². The molecule has 1 saturated heterocycles. The van der Waals surface area contributed by atoms with Gasteiger partial charge >= 0.3 is 0 Å². The highest BCUT2D eigenvalue weighted by atomic mass is 35.5. The molecule has 0 amide bonds. The molecule has 2 heterocycles. The number of nitrogens with one attached hydrogen (secondary N) is 3. The van der Waals surface area contributed by atoms with Crippen LogP contribution in [0, 0.1) is 6.92 Å². The van der Waals surface area contributed by atoms with Gasteiger partial charge in [-0.1, -0.05) is 43.6 Å². The lowest BCUT2D eigenvalue weighted by molar-refractivity contribution is 0.316. The molecular weight excluding hydrogens is 346 g/mol. The fourth-order valence-electron chi connectivity index (χ4n) is 3.38. The Morgan fingerprint density at radius 2 is 1.88 bits per heavy atom. The second-order valence-corrected chi connectivity index (χ2v) is 6.74. The molecule has 136 valence electrons. The molecule has 26 heavy (non-hydrogen) atoms. The third-order valence-electron chi connectivity index (χ3n) is 4.80. The van der Waals surface area contributed by atoms with Gasteiger partial charge in [-0.15, -0.1) is 0 Å². The van der Waals surface area contributed by atoms with Gasteiger partial charge in [-0.05, 0) is 47.7 Å². The predicted molar refractivity (Wildman–Crippen MR) is 110 cm³/mol. The zero-order chi connectivity index (χ0) is 18.7. The number of aromatic amines is 1. The van der Waals surface area contributed by atoms with Crippen molar-refractivity contribution in [2.75, 3.05) is 18.4 Å². The molecule has 0 saturated carbocycles. The molecule has 0 bridgehead atoms. The van der Waals surface area contributed by atoms with Crippen molar-refractivity contribution in [3.63, 3.8) is 0 Å². The van der Waals surface area contributed by atoms with E-state index < -0.39 is 0 Å². The molecule has 1 aliphatic rings. The Morgan fingerprint density at radius 1 is 1.12 bits per heavy atom. The van der Waals surface area contributed by atoms with Crippen LogP contribution in [0.3, 0.4) is 0 Å². The molecule has 1 aromatic heterocycles. The van der Waals surface area contributed by atoms with Crippen LogP contribution in [-0.2, 0) is 5.54 Å². The van der Waals surface area contributed by atoms with E-state index in [4.69, 9.17) is 11.6 Å². The molecule has 3 aromatic rings. The maximum Gasteiger partial charge on any atom is 0.255 e. The van der Waals surface area contributed by atoms with Crippen molar-refractivity contribution in [1.29, 1.82) is 0 Å². The Balaban J connectivity index is 0.000000948. The van der Waals surface area contributed by atoms with E-state index in [1.54, 1.807) is 6.20 Å². The first-order valence-electron chi connectivity index (χ1n) is 8.95. The minimum atomic E-state index is -0.204. The van der Waals surface area contributed by atoms with E-state index in [1.165, 1.54) is 5.56 Å². The molecule has 0 radical (unpaired) electrons. The average molecular weight is 370 g/mol. The van der Waals surface area contributed by atoms with Gasteiger partial charge < -0.3 is 15.6 Å². The number of aromatic nitrogens is 1. The van der Waals surface area contributed by atoms with E-state index in [0.29, 0.717) is 5.39 Å². The Morgan fingerprint density at radius 3 is 2.58 bits per heavy atom. The van der Waals surface area contributed by atoms with Gasteiger partial charge in [0.05, 0.1) is 5.54 Å². The largest absolute Gasteiger partial charge is 0.373 e. The summed E-state index contributed by atoms with van der Waals surface area (Å²) in [4.78, 5) is 14.8. The zero-order valence-corrected chi connectivity index (χ0v) is 16.1. The third kappa shape index (κ3) is 3.22.